The molecule has 1 aromatic carbocycles. The molecule has 94 valence electrons. The van der Waals surface area contributed by atoms with Crippen molar-refractivity contribution >= 4 is 26.0 Å². The smallest absolute Gasteiger partial charge is 0.231 e. The first kappa shape index (κ1) is 12.7. The Morgan fingerprint density at radius 2 is 2.12 bits per heavy atom. The molecule has 1 atom stereocenters. The lowest BCUT2D eigenvalue weighted by Crippen LogP contribution is -2.27. The Morgan fingerprint density at radius 3 is 2.82 bits per heavy atom. The molecule has 1 unspecified atom stereocenters. The predicted octanol–water partition coefficient (Wildman–Crippen LogP) is 1.75. The fraction of sp³-hybridized carbons (Fsp3) is 0.400. The molecule has 0 radical (unpaired) electrons. The Bertz CT molecular complexity index is 517. The molecule has 1 aliphatic rings. The number of alkyl halides is 1. The summed E-state index contributed by atoms with van der Waals surface area (Å²) in [4.78, 5) is 0. The molecule has 7 heteroatoms. The molecule has 1 heterocycles. The minimum absolute atomic E-state index is 0.116. The van der Waals surface area contributed by atoms with Gasteiger partial charge in [0.25, 0.3) is 0 Å². The molecular weight excluding hydrogens is 310 g/mol. The van der Waals surface area contributed by atoms with Crippen LogP contribution in [0, 0.1) is 0 Å². The topological polar surface area (TPSA) is 64.6 Å². The SMILES string of the molecule is CC(NS(=O)(=O)CBr)c1ccc2c(c1)OCO2. The first-order valence-electron chi connectivity index (χ1n) is 4.97. The molecule has 0 aromatic heterocycles. The van der Waals surface area contributed by atoms with Crippen molar-refractivity contribution in [3.05, 3.63) is 23.8 Å². The maximum absolute atomic E-state index is 11.4. The van der Waals surface area contributed by atoms with Crippen molar-refractivity contribution in [1.29, 1.82) is 0 Å². The molecule has 0 saturated carbocycles. The van der Waals surface area contributed by atoms with Crippen LogP contribution in [0.3, 0.4) is 0 Å². The zero-order valence-electron chi connectivity index (χ0n) is 9.14. The van der Waals surface area contributed by atoms with E-state index in [0.717, 1.165) is 5.56 Å². The highest BCUT2D eigenvalue weighted by Crippen LogP contribution is 2.34. The van der Waals surface area contributed by atoms with E-state index in [1.54, 1.807) is 19.1 Å². The first-order chi connectivity index (χ1) is 8.02. The van der Waals surface area contributed by atoms with Gasteiger partial charge in [-0.1, -0.05) is 22.0 Å². The van der Waals surface area contributed by atoms with Gasteiger partial charge in [-0.25, -0.2) is 13.1 Å². The molecular formula is C10H12BrNO4S. The zero-order chi connectivity index (χ0) is 12.5. The average Bonchev–Trinajstić information content (AvgIpc) is 2.75. The van der Waals surface area contributed by atoms with E-state index in [1.807, 2.05) is 6.07 Å². The number of sulfonamides is 1. The van der Waals surface area contributed by atoms with Crippen molar-refractivity contribution < 1.29 is 17.9 Å². The van der Waals surface area contributed by atoms with Crippen LogP contribution in [-0.4, -0.2) is 19.9 Å². The molecule has 0 saturated heterocycles. The van der Waals surface area contributed by atoms with E-state index in [4.69, 9.17) is 9.47 Å². The van der Waals surface area contributed by atoms with Crippen LogP contribution in [0.5, 0.6) is 11.5 Å². The third kappa shape index (κ3) is 2.91. The molecule has 0 aliphatic carbocycles. The lowest BCUT2D eigenvalue weighted by Gasteiger charge is -2.13. The van der Waals surface area contributed by atoms with Crippen LogP contribution in [0.2, 0.25) is 0 Å². The predicted molar refractivity (Wildman–Crippen MR) is 66.8 cm³/mol. The summed E-state index contributed by atoms with van der Waals surface area (Å²) in [6.07, 6.45) is 0. The molecule has 1 aromatic rings. The quantitative estimate of drug-likeness (QED) is 0.858. The average molecular weight is 322 g/mol. The number of rotatable bonds is 4. The van der Waals surface area contributed by atoms with Crippen molar-refractivity contribution in [2.45, 2.75) is 13.0 Å². The fourth-order valence-electron chi connectivity index (χ4n) is 1.55. The maximum Gasteiger partial charge on any atom is 0.231 e. The number of benzene rings is 1. The van der Waals surface area contributed by atoms with E-state index in [9.17, 15) is 8.42 Å². The number of hydrogen-bond acceptors (Lipinski definition) is 4. The highest BCUT2D eigenvalue weighted by atomic mass is 79.9. The van der Waals surface area contributed by atoms with Gasteiger partial charge in [-0.15, -0.1) is 0 Å². The van der Waals surface area contributed by atoms with Crippen LogP contribution in [0.1, 0.15) is 18.5 Å². The molecule has 1 aliphatic heterocycles. The zero-order valence-corrected chi connectivity index (χ0v) is 11.5. The third-order valence-electron chi connectivity index (χ3n) is 2.40. The summed E-state index contributed by atoms with van der Waals surface area (Å²) in [5, 5.41) is 0. The highest BCUT2D eigenvalue weighted by molar-refractivity contribution is 9.10. The Balaban J connectivity index is 2.18. The van der Waals surface area contributed by atoms with Crippen molar-refractivity contribution in [2.75, 3.05) is 11.5 Å². The van der Waals surface area contributed by atoms with Crippen LogP contribution >= 0.6 is 15.9 Å². The highest BCUT2D eigenvalue weighted by Gasteiger charge is 2.18. The molecule has 0 amide bonds. The molecule has 2 rings (SSSR count). The van der Waals surface area contributed by atoms with Gasteiger partial charge in [0.1, 0.15) is 4.66 Å². The van der Waals surface area contributed by atoms with Gasteiger partial charge in [0.15, 0.2) is 11.5 Å². The van der Waals surface area contributed by atoms with E-state index in [1.165, 1.54) is 0 Å². The van der Waals surface area contributed by atoms with Gasteiger partial charge < -0.3 is 9.47 Å². The summed E-state index contributed by atoms with van der Waals surface area (Å²) in [6.45, 7) is 1.98. The fourth-order valence-corrected chi connectivity index (χ4v) is 2.69. The second-order valence-electron chi connectivity index (χ2n) is 3.68. The van der Waals surface area contributed by atoms with Gasteiger partial charge in [-0.05, 0) is 24.6 Å². The first-order valence-corrected chi connectivity index (χ1v) is 7.75. The van der Waals surface area contributed by atoms with Crippen LogP contribution < -0.4 is 14.2 Å². The van der Waals surface area contributed by atoms with Gasteiger partial charge in [-0.3, -0.25) is 0 Å². The Kier molecular flexibility index (Phi) is 3.60. The number of hydrogen-bond donors (Lipinski definition) is 1. The second kappa shape index (κ2) is 4.83. The van der Waals surface area contributed by atoms with Crippen LogP contribution in [0.4, 0.5) is 0 Å². The standard InChI is InChI=1S/C10H12BrNO4S/c1-7(12-17(13,14)5-11)8-2-3-9-10(4-8)16-6-15-9/h2-4,7,12H,5-6H2,1H3. The van der Waals surface area contributed by atoms with E-state index in [0.29, 0.717) is 11.5 Å². The van der Waals surface area contributed by atoms with Crippen LogP contribution in [0.15, 0.2) is 18.2 Å². The molecule has 5 nitrogen and oxygen atoms in total. The summed E-state index contributed by atoms with van der Waals surface area (Å²) < 4.78 is 35.7. The van der Waals surface area contributed by atoms with Crippen molar-refractivity contribution in [3.8, 4) is 11.5 Å². The van der Waals surface area contributed by atoms with E-state index < -0.39 is 10.0 Å². The number of nitrogens with one attached hydrogen (secondary N) is 1. The Hall–Kier alpha value is -0.790. The van der Waals surface area contributed by atoms with Gasteiger partial charge in [0, 0.05) is 6.04 Å². The van der Waals surface area contributed by atoms with Gasteiger partial charge >= 0.3 is 0 Å². The van der Waals surface area contributed by atoms with Gasteiger partial charge in [0.05, 0.1) is 0 Å². The van der Waals surface area contributed by atoms with Crippen LogP contribution in [0.25, 0.3) is 0 Å². The molecule has 17 heavy (non-hydrogen) atoms. The minimum Gasteiger partial charge on any atom is -0.454 e. The minimum atomic E-state index is -3.29. The molecule has 0 spiro atoms. The van der Waals surface area contributed by atoms with Crippen LogP contribution in [-0.2, 0) is 10.0 Å². The van der Waals surface area contributed by atoms with E-state index >= 15 is 0 Å². The maximum atomic E-state index is 11.4. The molecule has 1 N–H and O–H groups in total. The van der Waals surface area contributed by atoms with Gasteiger partial charge in [-0.2, -0.15) is 0 Å². The number of halogens is 1. The van der Waals surface area contributed by atoms with Gasteiger partial charge in [0.2, 0.25) is 16.8 Å². The summed E-state index contributed by atoms with van der Waals surface area (Å²) in [7, 11) is -3.29. The largest absolute Gasteiger partial charge is 0.454 e. The summed E-state index contributed by atoms with van der Waals surface area (Å²) in [6, 6.07) is 5.06. The summed E-state index contributed by atoms with van der Waals surface area (Å²) in [5.41, 5.74) is 0.832. The molecule has 0 fully saturated rings. The lowest BCUT2D eigenvalue weighted by molar-refractivity contribution is 0.174. The number of ether oxygens (including phenoxy) is 2. The van der Waals surface area contributed by atoms with Crippen molar-refractivity contribution in [2.24, 2.45) is 0 Å². The van der Waals surface area contributed by atoms with E-state index in [2.05, 4.69) is 20.7 Å². The monoisotopic (exact) mass is 321 g/mol. The summed E-state index contributed by atoms with van der Waals surface area (Å²) in [5.74, 6) is 1.33. The van der Waals surface area contributed by atoms with E-state index in [-0.39, 0.29) is 17.5 Å². The third-order valence-corrected chi connectivity index (χ3v) is 5.20. The van der Waals surface area contributed by atoms with Crippen molar-refractivity contribution in [1.82, 2.24) is 4.72 Å². The Labute approximate surface area is 108 Å². The lowest BCUT2D eigenvalue weighted by atomic mass is 10.1. The molecule has 0 bridgehead atoms. The summed E-state index contributed by atoms with van der Waals surface area (Å²) >= 11 is 2.93. The number of fused-ring (bicyclic) bond motifs is 1. The second-order valence-corrected chi connectivity index (χ2v) is 6.73. The van der Waals surface area contributed by atoms with Crippen molar-refractivity contribution in [3.63, 3.8) is 0 Å². The normalized spacial score (nSPS) is 15.9. The Morgan fingerprint density at radius 1 is 1.41 bits per heavy atom.